The van der Waals surface area contributed by atoms with Crippen LogP contribution in [0.1, 0.15) is 29.8 Å². The molecule has 2 rings (SSSR count). The van der Waals surface area contributed by atoms with Crippen LogP contribution in [-0.4, -0.2) is 36.3 Å². The van der Waals surface area contributed by atoms with E-state index in [0.29, 0.717) is 4.99 Å². The molecule has 1 aromatic rings. The Morgan fingerprint density at radius 3 is 2.89 bits per heavy atom. The molecule has 4 nitrogen and oxygen atoms in total. The summed E-state index contributed by atoms with van der Waals surface area (Å²) in [5.74, 6) is 0. The van der Waals surface area contributed by atoms with E-state index in [0.717, 1.165) is 48.6 Å². The fourth-order valence-electron chi connectivity index (χ4n) is 2.71. The minimum Gasteiger partial charge on any atom is -0.389 e. The maximum atomic E-state index is 5.87. The van der Waals surface area contributed by atoms with Crippen molar-refractivity contribution in [3.8, 4) is 0 Å². The molecule has 0 saturated carbocycles. The first kappa shape index (κ1) is 14.2. The van der Waals surface area contributed by atoms with Gasteiger partial charge in [-0.25, -0.2) is 0 Å². The summed E-state index contributed by atoms with van der Waals surface area (Å²) >= 11 is 5.19. The SMILES string of the molecule is COC1CCCN(c2cc(C)nc(C)c2C(N)=S)C1. The highest BCUT2D eigenvalue weighted by molar-refractivity contribution is 7.80. The molecule has 0 aliphatic carbocycles. The molecule has 1 aromatic heterocycles. The highest BCUT2D eigenvalue weighted by Crippen LogP contribution is 2.27. The number of rotatable bonds is 3. The van der Waals surface area contributed by atoms with Gasteiger partial charge in [-0.15, -0.1) is 0 Å². The molecular formula is C14H21N3OS. The van der Waals surface area contributed by atoms with Gasteiger partial charge in [0.2, 0.25) is 0 Å². The zero-order valence-electron chi connectivity index (χ0n) is 11.8. The number of nitrogens with two attached hydrogens (primary N) is 1. The molecule has 1 saturated heterocycles. The van der Waals surface area contributed by atoms with Gasteiger partial charge in [-0.05, 0) is 32.8 Å². The third-order valence-corrected chi connectivity index (χ3v) is 3.81. The number of aromatic nitrogens is 1. The van der Waals surface area contributed by atoms with E-state index in [1.807, 2.05) is 13.8 Å². The smallest absolute Gasteiger partial charge is 0.107 e. The number of ether oxygens (including phenoxy) is 1. The molecule has 0 spiro atoms. The quantitative estimate of drug-likeness (QED) is 0.857. The molecular weight excluding hydrogens is 258 g/mol. The molecule has 0 amide bonds. The summed E-state index contributed by atoms with van der Waals surface area (Å²) in [6.07, 6.45) is 2.51. The van der Waals surface area contributed by atoms with Crippen molar-refractivity contribution in [1.82, 2.24) is 4.98 Å². The lowest BCUT2D eigenvalue weighted by atomic mass is 10.0. The number of methoxy groups -OCH3 is 1. The van der Waals surface area contributed by atoms with Crippen LogP contribution in [0.5, 0.6) is 0 Å². The van der Waals surface area contributed by atoms with E-state index in [2.05, 4.69) is 16.0 Å². The predicted molar refractivity (Wildman–Crippen MR) is 81.8 cm³/mol. The molecule has 1 aliphatic rings. The van der Waals surface area contributed by atoms with Crippen LogP contribution < -0.4 is 10.6 Å². The largest absolute Gasteiger partial charge is 0.389 e. The second kappa shape index (κ2) is 5.84. The molecule has 0 aromatic carbocycles. The number of pyridine rings is 1. The summed E-state index contributed by atoms with van der Waals surface area (Å²) in [5.41, 5.74) is 9.77. The predicted octanol–water partition coefficient (Wildman–Crippen LogP) is 1.95. The summed E-state index contributed by atoms with van der Waals surface area (Å²) < 4.78 is 5.48. The zero-order chi connectivity index (χ0) is 14.0. The monoisotopic (exact) mass is 279 g/mol. The van der Waals surface area contributed by atoms with Gasteiger partial charge in [0, 0.05) is 31.6 Å². The maximum Gasteiger partial charge on any atom is 0.107 e. The average Bonchev–Trinajstić information content (AvgIpc) is 2.37. The first-order chi connectivity index (χ1) is 9.02. The van der Waals surface area contributed by atoms with E-state index >= 15 is 0 Å². The third-order valence-electron chi connectivity index (χ3n) is 3.61. The van der Waals surface area contributed by atoms with E-state index < -0.39 is 0 Å². The number of piperidine rings is 1. The lowest BCUT2D eigenvalue weighted by Crippen LogP contribution is -2.40. The van der Waals surface area contributed by atoms with Crippen LogP contribution in [0.25, 0.3) is 0 Å². The molecule has 1 aliphatic heterocycles. The number of nitrogens with zero attached hydrogens (tertiary/aromatic N) is 2. The summed E-state index contributed by atoms with van der Waals surface area (Å²) in [7, 11) is 1.77. The van der Waals surface area contributed by atoms with E-state index in [9.17, 15) is 0 Å². The Morgan fingerprint density at radius 1 is 1.53 bits per heavy atom. The molecule has 1 atom stereocenters. The van der Waals surface area contributed by atoms with Crippen molar-refractivity contribution in [2.24, 2.45) is 5.73 Å². The maximum absolute atomic E-state index is 5.87. The Hall–Kier alpha value is -1.20. The van der Waals surface area contributed by atoms with Crippen molar-refractivity contribution in [2.75, 3.05) is 25.1 Å². The zero-order valence-corrected chi connectivity index (χ0v) is 12.6. The van der Waals surface area contributed by atoms with Crippen molar-refractivity contribution in [1.29, 1.82) is 0 Å². The summed E-state index contributed by atoms with van der Waals surface area (Å²) in [4.78, 5) is 7.19. The van der Waals surface area contributed by atoms with Gasteiger partial charge in [0.25, 0.3) is 0 Å². The van der Waals surface area contributed by atoms with Crippen LogP contribution in [0.4, 0.5) is 5.69 Å². The summed E-state index contributed by atoms with van der Waals surface area (Å²) in [6.45, 7) is 5.85. The van der Waals surface area contributed by atoms with Crippen LogP contribution in [0, 0.1) is 13.8 Å². The standard InChI is InChI=1S/C14H21N3OS/c1-9-7-12(13(14(15)19)10(2)16-9)17-6-4-5-11(8-17)18-3/h7,11H,4-6,8H2,1-3H3,(H2,15,19). The van der Waals surface area contributed by atoms with Crippen molar-refractivity contribution in [3.05, 3.63) is 23.0 Å². The van der Waals surface area contributed by atoms with Crippen LogP contribution in [0.15, 0.2) is 6.07 Å². The van der Waals surface area contributed by atoms with Gasteiger partial charge in [0.05, 0.1) is 17.4 Å². The third kappa shape index (κ3) is 3.04. The number of thiocarbonyl (C=S) groups is 1. The highest BCUT2D eigenvalue weighted by Gasteiger charge is 2.23. The van der Waals surface area contributed by atoms with E-state index in [4.69, 9.17) is 22.7 Å². The molecule has 2 N–H and O–H groups in total. The van der Waals surface area contributed by atoms with Gasteiger partial charge in [-0.1, -0.05) is 12.2 Å². The first-order valence-corrected chi connectivity index (χ1v) is 6.99. The normalized spacial score (nSPS) is 19.5. The fourth-order valence-corrected chi connectivity index (χ4v) is 2.96. The van der Waals surface area contributed by atoms with E-state index in [1.54, 1.807) is 7.11 Å². The number of hydrogen-bond acceptors (Lipinski definition) is 4. The van der Waals surface area contributed by atoms with Crippen molar-refractivity contribution >= 4 is 22.9 Å². The number of hydrogen-bond donors (Lipinski definition) is 1. The van der Waals surface area contributed by atoms with Gasteiger partial charge in [-0.2, -0.15) is 0 Å². The lowest BCUT2D eigenvalue weighted by molar-refractivity contribution is 0.0893. The van der Waals surface area contributed by atoms with Gasteiger partial charge in [-0.3, -0.25) is 4.98 Å². The second-order valence-electron chi connectivity index (χ2n) is 5.05. The Balaban J connectivity index is 2.40. The molecule has 1 unspecified atom stereocenters. The molecule has 104 valence electrons. The van der Waals surface area contributed by atoms with Crippen molar-refractivity contribution in [3.63, 3.8) is 0 Å². The minimum absolute atomic E-state index is 0.279. The molecule has 5 heteroatoms. The first-order valence-electron chi connectivity index (χ1n) is 6.58. The van der Waals surface area contributed by atoms with E-state index in [-0.39, 0.29) is 6.10 Å². The van der Waals surface area contributed by atoms with Gasteiger partial charge in [0.1, 0.15) is 4.99 Å². The summed E-state index contributed by atoms with van der Waals surface area (Å²) in [6, 6.07) is 2.07. The van der Waals surface area contributed by atoms with Gasteiger partial charge in [0.15, 0.2) is 0 Å². The topological polar surface area (TPSA) is 51.4 Å². The Kier molecular flexibility index (Phi) is 4.37. The van der Waals surface area contributed by atoms with Gasteiger partial charge < -0.3 is 15.4 Å². The Morgan fingerprint density at radius 2 is 2.26 bits per heavy atom. The fraction of sp³-hybridized carbons (Fsp3) is 0.571. The minimum atomic E-state index is 0.279. The van der Waals surface area contributed by atoms with Crippen molar-refractivity contribution in [2.45, 2.75) is 32.8 Å². The Bertz CT molecular complexity index is 490. The molecule has 0 bridgehead atoms. The van der Waals surface area contributed by atoms with Gasteiger partial charge >= 0.3 is 0 Å². The molecule has 1 fully saturated rings. The molecule has 19 heavy (non-hydrogen) atoms. The molecule has 0 radical (unpaired) electrons. The second-order valence-corrected chi connectivity index (χ2v) is 5.49. The average molecular weight is 279 g/mol. The van der Waals surface area contributed by atoms with Crippen LogP contribution >= 0.6 is 12.2 Å². The number of anilines is 1. The lowest BCUT2D eigenvalue weighted by Gasteiger charge is -2.35. The van der Waals surface area contributed by atoms with Crippen molar-refractivity contribution < 1.29 is 4.74 Å². The summed E-state index contributed by atoms with van der Waals surface area (Å²) in [5, 5.41) is 0. The highest BCUT2D eigenvalue weighted by atomic mass is 32.1. The van der Waals surface area contributed by atoms with Crippen LogP contribution in [-0.2, 0) is 4.74 Å². The van der Waals surface area contributed by atoms with Crippen LogP contribution in [0.2, 0.25) is 0 Å². The molecule has 2 heterocycles. The number of aryl methyl sites for hydroxylation is 2. The Labute approximate surface area is 120 Å². The van der Waals surface area contributed by atoms with E-state index in [1.165, 1.54) is 0 Å². The van der Waals surface area contributed by atoms with Crippen LogP contribution in [0.3, 0.4) is 0 Å².